The number of aromatic nitrogens is 3. The van der Waals surface area contributed by atoms with E-state index in [4.69, 9.17) is 15.2 Å². The summed E-state index contributed by atoms with van der Waals surface area (Å²) in [5.41, 5.74) is 8.37. The van der Waals surface area contributed by atoms with Crippen LogP contribution in [-0.4, -0.2) is 47.4 Å². The van der Waals surface area contributed by atoms with Crippen LogP contribution in [0.25, 0.3) is 11.0 Å². The number of hydrogen-bond acceptors (Lipinski definition) is 7. The lowest BCUT2D eigenvalue weighted by molar-refractivity contribution is 0.163. The number of fused-ring (bicyclic) bond motifs is 1. The number of aryl methyl sites for hydroxylation is 1. The standard InChI is InChI=1S/C19H19F2N5O.C4H8O/c1-11-8-15-16(10-23-11)25-19(18(22)24-15)26-6-4-13(5-7-26)27-17-3-2-12(20)9-14(17)21;1-2-4-5-3-1/h2-3,8-10,13H,4-7H2,1H3,(H2,22,24);1-4H2. The summed E-state index contributed by atoms with van der Waals surface area (Å²) in [5.74, 6) is -0.243. The van der Waals surface area contributed by atoms with Gasteiger partial charge in [0.2, 0.25) is 0 Å². The molecule has 0 saturated carbocycles. The monoisotopic (exact) mass is 443 g/mol. The molecule has 32 heavy (non-hydrogen) atoms. The number of rotatable bonds is 3. The van der Waals surface area contributed by atoms with Crippen molar-refractivity contribution in [2.75, 3.05) is 36.9 Å². The fraction of sp³-hybridized carbons (Fsp3) is 0.435. The molecule has 2 aromatic heterocycles. The number of piperidine rings is 1. The third-order valence-electron chi connectivity index (χ3n) is 5.45. The van der Waals surface area contributed by atoms with Crippen molar-refractivity contribution in [2.24, 2.45) is 0 Å². The van der Waals surface area contributed by atoms with Crippen LogP contribution in [0.15, 0.2) is 30.5 Å². The van der Waals surface area contributed by atoms with Crippen molar-refractivity contribution >= 4 is 22.7 Å². The molecule has 2 aliphatic rings. The van der Waals surface area contributed by atoms with Gasteiger partial charge in [0.05, 0.1) is 11.7 Å². The summed E-state index contributed by atoms with van der Waals surface area (Å²) in [6.07, 6.45) is 5.43. The first-order valence-electron chi connectivity index (χ1n) is 10.8. The summed E-state index contributed by atoms with van der Waals surface area (Å²) >= 11 is 0. The minimum Gasteiger partial charge on any atom is -0.487 e. The second-order valence-electron chi connectivity index (χ2n) is 7.95. The third kappa shape index (κ3) is 5.40. The van der Waals surface area contributed by atoms with Crippen LogP contribution in [0, 0.1) is 18.6 Å². The van der Waals surface area contributed by atoms with E-state index in [-0.39, 0.29) is 11.9 Å². The van der Waals surface area contributed by atoms with Crippen molar-refractivity contribution in [2.45, 2.75) is 38.7 Å². The molecule has 9 heteroatoms. The van der Waals surface area contributed by atoms with Gasteiger partial charge >= 0.3 is 0 Å². The lowest BCUT2D eigenvalue weighted by atomic mass is 10.1. The highest BCUT2D eigenvalue weighted by molar-refractivity contribution is 5.79. The van der Waals surface area contributed by atoms with Gasteiger partial charge in [-0.3, -0.25) is 4.98 Å². The first kappa shape index (κ1) is 22.1. The van der Waals surface area contributed by atoms with Crippen LogP contribution in [0.1, 0.15) is 31.4 Å². The van der Waals surface area contributed by atoms with Gasteiger partial charge in [0.1, 0.15) is 17.4 Å². The third-order valence-corrected chi connectivity index (χ3v) is 5.45. The van der Waals surface area contributed by atoms with E-state index >= 15 is 0 Å². The van der Waals surface area contributed by atoms with E-state index in [2.05, 4.69) is 15.0 Å². The zero-order valence-corrected chi connectivity index (χ0v) is 18.1. The van der Waals surface area contributed by atoms with E-state index in [0.717, 1.165) is 25.0 Å². The molecular weight excluding hydrogens is 416 g/mol. The van der Waals surface area contributed by atoms with Crippen molar-refractivity contribution in [3.8, 4) is 5.75 Å². The van der Waals surface area contributed by atoms with Crippen LogP contribution in [0.3, 0.4) is 0 Å². The zero-order chi connectivity index (χ0) is 22.5. The molecule has 5 rings (SSSR count). The number of nitrogens with zero attached hydrogens (tertiary/aromatic N) is 4. The molecule has 2 saturated heterocycles. The molecule has 0 atom stereocenters. The molecule has 0 radical (unpaired) electrons. The highest BCUT2D eigenvalue weighted by atomic mass is 19.1. The van der Waals surface area contributed by atoms with Gasteiger partial charge in [0, 0.05) is 50.9 Å². The summed E-state index contributed by atoms with van der Waals surface area (Å²) in [6.45, 7) is 5.19. The topological polar surface area (TPSA) is 86.4 Å². The van der Waals surface area contributed by atoms with Crippen LogP contribution in [0.4, 0.5) is 20.4 Å². The Labute approximate surface area is 185 Å². The molecule has 4 heterocycles. The normalized spacial score (nSPS) is 16.7. The van der Waals surface area contributed by atoms with E-state index in [1.807, 2.05) is 17.9 Å². The maximum absolute atomic E-state index is 13.8. The Morgan fingerprint density at radius 1 is 1.06 bits per heavy atom. The number of nitrogen functional groups attached to an aromatic ring is 1. The summed E-state index contributed by atoms with van der Waals surface area (Å²) in [6, 6.07) is 5.18. The summed E-state index contributed by atoms with van der Waals surface area (Å²) in [7, 11) is 0. The van der Waals surface area contributed by atoms with Gasteiger partial charge in [-0.2, -0.15) is 0 Å². The van der Waals surface area contributed by atoms with E-state index < -0.39 is 11.6 Å². The van der Waals surface area contributed by atoms with Crippen LogP contribution in [0.5, 0.6) is 5.75 Å². The molecule has 1 aromatic carbocycles. The number of hydrogen-bond donors (Lipinski definition) is 1. The average molecular weight is 443 g/mol. The Bertz CT molecular complexity index is 1060. The molecule has 7 nitrogen and oxygen atoms in total. The van der Waals surface area contributed by atoms with Crippen LogP contribution < -0.4 is 15.4 Å². The first-order chi connectivity index (χ1) is 15.5. The second kappa shape index (κ2) is 10.0. The molecule has 3 aromatic rings. The van der Waals surface area contributed by atoms with Crippen molar-refractivity contribution < 1.29 is 18.3 Å². The molecule has 2 N–H and O–H groups in total. The second-order valence-corrected chi connectivity index (χ2v) is 7.95. The minimum absolute atomic E-state index is 0.0707. The van der Waals surface area contributed by atoms with Gasteiger partial charge in [-0.25, -0.2) is 18.7 Å². The molecule has 0 aliphatic carbocycles. The van der Waals surface area contributed by atoms with Crippen LogP contribution in [-0.2, 0) is 4.74 Å². The quantitative estimate of drug-likeness (QED) is 0.654. The zero-order valence-electron chi connectivity index (χ0n) is 18.1. The SMILES string of the molecule is C1CCOC1.Cc1cc2nc(N)c(N3CCC(Oc4ccc(F)cc4F)CC3)nc2cn1. The molecular formula is C23H27F2N5O2. The van der Waals surface area contributed by atoms with E-state index in [1.54, 1.807) is 6.20 Å². The van der Waals surface area contributed by atoms with Gasteiger partial charge in [-0.15, -0.1) is 0 Å². The fourth-order valence-corrected chi connectivity index (χ4v) is 3.74. The first-order valence-corrected chi connectivity index (χ1v) is 10.8. The Kier molecular flexibility index (Phi) is 6.94. The number of anilines is 2. The van der Waals surface area contributed by atoms with Crippen molar-refractivity contribution in [3.05, 3.63) is 47.8 Å². The Morgan fingerprint density at radius 2 is 1.81 bits per heavy atom. The number of halogens is 2. The molecule has 0 spiro atoms. The summed E-state index contributed by atoms with van der Waals surface area (Å²) < 4.78 is 37.4. The molecule has 0 unspecified atom stereocenters. The van der Waals surface area contributed by atoms with E-state index in [0.29, 0.717) is 48.6 Å². The van der Waals surface area contributed by atoms with Crippen molar-refractivity contribution in [3.63, 3.8) is 0 Å². The number of nitrogens with two attached hydrogens (primary N) is 1. The van der Waals surface area contributed by atoms with Gasteiger partial charge in [0.25, 0.3) is 0 Å². The predicted octanol–water partition coefficient (Wildman–Crippen LogP) is 4.04. The van der Waals surface area contributed by atoms with Gasteiger partial charge in [-0.05, 0) is 38.0 Å². The largest absolute Gasteiger partial charge is 0.487 e. The van der Waals surface area contributed by atoms with Crippen molar-refractivity contribution in [1.82, 2.24) is 15.0 Å². The predicted molar refractivity (Wildman–Crippen MR) is 119 cm³/mol. The minimum atomic E-state index is -0.690. The van der Waals surface area contributed by atoms with Gasteiger partial charge < -0.3 is 20.1 Å². The number of ether oxygens (including phenoxy) is 2. The maximum atomic E-state index is 13.8. The van der Waals surface area contributed by atoms with Crippen LogP contribution in [0.2, 0.25) is 0 Å². The van der Waals surface area contributed by atoms with E-state index in [1.165, 1.54) is 25.0 Å². The molecule has 0 amide bonds. The lowest BCUT2D eigenvalue weighted by Crippen LogP contribution is -2.39. The Hall–Kier alpha value is -3.07. The summed E-state index contributed by atoms with van der Waals surface area (Å²) in [5, 5.41) is 0. The number of benzene rings is 1. The van der Waals surface area contributed by atoms with Crippen molar-refractivity contribution in [1.29, 1.82) is 0 Å². The fourth-order valence-electron chi connectivity index (χ4n) is 3.74. The maximum Gasteiger partial charge on any atom is 0.172 e. The van der Waals surface area contributed by atoms with Gasteiger partial charge in [0.15, 0.2) is 23.2 Å². The Morgan fingerprint density at radius 3 is 2.47 bits per heavy atom. The molecule has 0 bridgehead atoms. The summed E-state index contributed by atoms with van der Waals surface area (Å²) in [4.78, 5) is 15.3. The van der Waals surface area contributed by atoms with Gasteiger partial charge in [-0.1, -0.05) is 0 Å². The average Bonchev–Trinajstić information content (AvgIpc) is 3.36. The molecule has 170 valence electrons. The lowest BCUT2D eigenvalue weighted by Gasteiger charge is -2.33. The highest BCUT2D eigenvalue weighted by Gasteiger charge is 2.24. The molecule has 2 fully saturated rings. The highest BCUT2D eigenvalue weighted by Crippen LogP contribution is 2.28. The Balaban J connectivity index is 0.000000433. The van der Waals surface area contributed by atoms with Crippen LogP contribution >= 0.6 is 0 Å². The number of pyridine rings is 1. The molecule has 2 aliphatic heterocycles. The van der Waals surface area contributed by atoms with E-state index in [9.17, 15) is 8.78 Å². The smallest absolute Gasteiger partial charge is 0.172 e.